The van der Waals surface area contributed by atoms with Crippen molar-refractivity contribution in [3.63, 3.8) is 0 Å². The first-order valence-corrected chi connectivity index (χ1v) is 12.6. The molecule has 7 N–H and O–H groups in total. The molecule has 2 saturated heterocycles. The van der Waals surface area contributed by atoms with Crippen LogP contribution < -0.4 is 14.9 Å². The van der Waals surface area contributed by atoms with Crippen LogP contribution in [0.25, 0.3) is 22.1 Å². The number of hydrogen-bond acceptors (Lipinski definition) is 14. The van der Waals surface area contributed by atoms with Gasteiger partial charge in [0.25, 0.3) is 0 Å². The van der Waals surface area contributed by atoms with E-state index in [1.165, 1.54) is 19.4 Å². The summed E-state index contributed by atoms with van der Waals surface area (Å²) < 4.78 is 32.5. The molecule has 1 aromatic heterocycles. The number of aliphatic hydroxyl groups excluding tert-OH is 5. The van der Waals surface area contributed by atoms with E-state index in [9.17, 15) is 40.5 Å². The maximum Gasteiger partial charge on any atom is 0.229 e. The van der Waals surface area contributed by atoms with E-state index in [4.69, 9.17) is 28.1 Å². The summed E-state index contributed by atoms with van der Waals surface area (Å²) in [6.45, 7) is -1.65. The second-order valence-electron chi connectivity index (χ2n) is 9.87. The summed E-state index contributed by atoms with van der Waals surface area (Å²) in [5, 5.41) is 71.3. The number of phenols is 1. The zero-order valence-corrected chi connectivity index (χ0v) is 21.7. The van der Waals surface area contributed by atoms with Gasteiger partial charge in [-0.15, -0.1) is 0 Å². The first-order valence-electron chi connectivity index (χ1n) is 12.6. The zero-order valence-electron chi connectivity index (χ0n) is 21.7. The van der Waals surface area contributed by atoms with Gasteiger partial charge < -0.3 is 63.8 Å². The number of methoxy groups -OCH3 is 1. The van der Waals surface area contributed by atoms with Gasteiger partial charge in [-0.1, -0.05) is 12.1 Å². The van der Waals surface area contributed by atoms with Crippen molar-refractivity contribution in [2.24, 2.45) is 0 Å². The lowest BCUT2D eigenvalue weighted by molar-refractivity contribution is -0.289. The Hall–Kier alpha value is -3.31. The molecule has 3 aromatic rings. The van der Waals surface area contributed by atoms with E-state index in [1.54, 1.807) is 24.3 Å². The molecule has 2 aromatic carbocycles. The van der Waals surface area contributed by atoms with E-state index in [-0.39, 0.29) is 22.3 Å². The molecule has 14 heteroatoms. The van der Waals surface area contributed by atoms with Crippen LogP contribution in [0.1, 0.15) is 0 Å². The Morgan fingerprint density at radius 1 is 1.00 bits per heavy atom. The largest absolute Gasteiger partial charge is 0.507 e. The summed E-state index contributed by atoms with van der Waals surface area (Å²) in [4.78, 5) is 13.2. The van der Waals surface area contributed by atoms with E-state index in [1.807, 2.05) is 0 Å². The van der Waals surface area contributed by atoms with Crippen LogP contribution >= 0.6 is 0 Å². The van der Waals surface area contributed by atoms with Gasteiger partial charge in [0.2, 0.25) is 11.7 Å². The Balaban J connectivity index is 1.33. The zero-order chi connectivity index (χ0) is 29.5. The highest BCUT2D eigenvalue weighted by molar-refractivity contribution is 5.88. The number of hydrogen-bond donors (Lipinski definition) is 7. The standard InChI is InChI=1S/C27H30O14/c1-36-13-4-2-12(3-5-13)15-8-37-17-7-14(6-16(29)19(17)20(15)30)40-25-23(33)22(32)21(31)18(41-25)9-38-26-24(34)27(35,10-28)11-39-26/h2-8,18,21-26,28-29,31-35H,9-11H2,1H3/t18?,21-,22+,23?,24?,25-,26?,27?/m1/s1. The van der Waals surface area contributed by atoms with Crippen LogP contribution in [-0.2, 0) is 14.2 Å². The van der Waals surface area contributed by atoms with Crippen LogP contribution in [0.15, 0.2) is 51.9 Å². The fourth-order valence-corrected chi connectivity index (χ4v) is 4.66. The van der Waals surface area contributed by atoms with Crippen molar-refractivity contribution in [3.8, 4) is 28.4 Å². The molecule has 222 valence electrons. The van der Waals surface area contributed by atoms with Crippen LogP contribution in [0, 0.1) is 0 Å². The molecule has 0 spiro atoms. The van der Waals surface area contributed by atoms with Gasteiger partial charge >= 0.3 is 0 Å². The summed E-state index contributed by atoms with van der Waals surface area (Å²) in [5.41, 5.74) is -1.73. The smallest absolute Gasteiger partial charge is 0.229 e. The minimum absolute atomic E-state index is 0.0308. The first-order chi connectivity index (χ1) is 19.6. The van der Waals surface area contributed by atoms with Crippen molar-refractivity contribution in [2.75, 3.05) is 26.9 Å². The van der Waals surface area contributed by atoms with Crippen molar-refractivity contribution in [3.05, 3.63) is 52.9 Å². The Morgan fingerprint density at radius 2 is 1.73 bits per heavy atom. The molecule has 0 saturated carbocycles. The maximum absolute atomic E-state index is 13.2. The number of fused-ring (bicyclic) bond motifs is 1. The molecule has 0 aliphatic carbocycles. The quantitative estimate of drug-likeness (QED) is 0.167. The van der Waals surface area contributed by atoms with Crippen LogP contribution in [-0.4, -0.2) is 111 Å². The van der Waals surface area contributed by atoms with Crippen molar-refractivity contribution in [1.29, 1.82) is 0 Å². The minimum Gasteiger partial charge on any atom is -0.507 e. The monoisotopic (exact) mass is 578 g/mol. The molecule has 0 amide bonds. The van der Waals surface area contributed by atoms with Gasteiger partial charge in [-0.3, -0.25) is 4.79 Å². The molecule has 2 aliphatic heterocycles. The highest BCUT2D eigenvalue weighted by Gasteiger charge is 2.50. The molecule has 0 bridgehead atoms. The van der Waals surface area contributed by atoms with Gasteiger partial charge in [0.1, 0.15) is 70.6 Å². The molecular weight excluding hydrogens is 548 g/mol. The molecule has 2 aliphatic rings. The molecular formula is C27H30O14. The Labute approximate surface area is 232 Å². The molecule has 5 unspecified atom stereocenters. The van der Waals surface area contributed by atoms with Gasteiger partial charge in [0, 0.05) is 12.1 Å². The second-order valence-corrected chi connectivity index (χ2v) is 9.87. The van der Waals surface area contributed by atoms with Crippen LogP contribution in [0.4, 0.5) is 0 Å². The third-order valence-electron chi connectivity index (χ3n) is 7.16. The third-order valence-corrected chi connectivity index (χ3v) is 7.16. The third kappa shape index (κ3) is 5.49. The molecule has 2 fully saturated rings. The summed E-state index contributed by atoms with van der Waals surface area (Å²) in [5.74, 6) is 0.0294. The molecule has 8 atom stereocenters. The van der Waals surface area contributed by atoms with E-state index < -0.39 is 79.7 Å². The van der Waals surface area contributed by atoms with Crippen LogP contribution in [0.3, 0.4) is 0 Å². The molecule has 0 radical (unpaired) electrons. The van der Waals surface area contributed by atoms with Gasteiger partial charge in [-0.2, -0.15) is 0 Å². The molecule has 14 nitrogen and oxygen atoms in total. The minimum atomic E-state index is -1.93. The Bertz CT molecular complexity index is 1420. The Kier molecular flexibility index (Phi) is 8.20. The van der Waals surface area contributed by atoms with Crippen molar-refractivity contribution in [1.82, 2.24) is 0 Å². The average Bonchev–Trinajstić information content (AvgIpc) is 3.26. The van der Waals surface area contributed by atoms with Crippen molar-refractivity contribution < 1.29 is 63.8 Å². The fourth-order valence-electron chi connectivity index (χ4n) is 4.66. The summed E-state index contributed by atoms with van der Waals surface area (Å²) in [6, 6.07) is 9.07. The number of phenolic OH excluding ortho intramolecular Hbond substituents is 1. The number of benzene rings is 2. The van der Waals surface area contributed by atoms with E-state index >= 15 is 0 Å². The average molecular weight is 579 g/mol. The van der Waals surface area contributed by atoms with E-state index in [0.29, 0.717) is 11.3 Å². The van der Waals surface area contributed by atoms with E-state index in [0.717, 1.165) is 6.07 Å². The van der Waals surface area contributed by atoms with E-state index in [2.05, 4.69) is 0 Å². The van der Waals surface area contributed by atoms with Crippen LogP contribution in [0.5, 0.6) is 17.2 Å². The number of aliphatic hydroxyl groups is 6. The molecule has 3 heterocycles. The maximum atomic E-state index is 13.2. The summed E-state index contributed by atoms with van der Waals surface area (Å²) in [6.07, 6.45) is -9.73. The van der Waals surface area contributed by atoms with Gasteiger partial charge in [-0.25, -0.2) is 0 Å². The lowest BCUT2D eigenvalue weighted by Gasteiger charge is -2.40. The van der Waals surface area contributed by atoms with Crippen LogP contribution in [0.2, 0.25) is 0 Å². The number of rotatable bonds is 8. The topological polar surface area (TPSA) is 218 Å². The van der Waals surface area contributed by atoms with Gasteiger partial charge in [0.05, 0.1) is 32.5 Å². The highest BCUT2D eigenvalue weighted by atomic mass is 16.7. The SMILES string of the molecule is COc1ccc(-c2coc3cc(O[C@@H]4OC(COC5OCC(O)(CO)C5O)[C@@H](O)[C@H](O)C4O)cc(O)c3c2=O)cc1. The first kappa shape index (κ1) is 29.2. The highest BCUT2D eigenvalue weighted by Crippen LogP contribution is 2.33. The summed E-state index contributed by atoms with van der Waals surface area (Å²) >= 11 is 0. The van der Waals surface area contributed by atoms with Crippen molar-refractivity contribution >= 4 is 11.0 Å². The number of ether oxygens (including phenoxy) is 5. The number of aromatic hydroxyl groups is 1. The van der Waals surface area contributed by atoms with Crippen molar-refractivity contribution in [2.45, 2.75) is 48.7 Å². The molecule has 5 rings (SSSR count). The second kappa shape index (κ2) is 11.5. The normalized spacial score (nSPS) is 31.8. The predicted octanol–water partition coefficient (Wildman–Crippen LogP) is -1.18. The summed E-state index contributed by atoms with van der Waals surface area (Å²) in [7, 11) is 1.52. The fraction of sp³-hybridized carbons (Fsp3) is 0.444. The Morgan fingerprint density at radius 3 is 2.39 bits per heavy atom. The lowest BCUT2D eigenvalue weighted by atomic mass is 9.99. The van der Waals surface area contributed by atoms with Gasteiger partial charge in [0.15, 0.2) is 6.29 Å². The lowest BCUT2D eigenvalue weighted by Crippen LogP contribution is -2.60. The van der Waals surface area contributed by atoms with Gasteiger partial charge in [-0.05, 0) is 17.7 Å². The predicted molar refractivity (Wildman–Crippen MR) is 137 cm³/mol. The molecule has 41 heavy (non-hydrogen) atoms.